The molecule has 0 bridgehead atoms. The van der Waals surface area contributed by atoms with E-state index in [1.165, 1.54) is 12.3 Å². The predicted molar refractivity (Wildman–Crippen MR) is 64.1 cm³/mol. The number of halogens is 1. The molecule has 0 saturated carbocycles. The van der Waals surface area contributed by atoms with Crippen molar-refractivity contribution in [2.24, 2.45) is 0 Å². The van der Waals surface area contributed by atoms with Gasteiger partial charge in [-0.1, -0.05) is 0 Å². The van der Waals surface area contributed by atoms with Crippen molar-refractivity contribution in [3.63, 3.8) is 0 Å². The minimum Gasteiger partial charge on any atom is -0.369 e. The van der Waals surface area contributed by atoms with Crippen LogP contribution in [-0.4, -0.2) is 21.7 Å². The van der Waals surface area contributed by atoms with Gasteiger partial charge in [0.05, 0.1) is 11.9 Å². The van der Waals surface area contributed by atoms with Crippen LogP contribution in [0.3, 0.4) is 0 Å². The SMILES string of the molecule is CCNc1cc(C)c(-c2ccc(F)cn2)nn1. The van der Waals surface area contributed by atoms with Crippen LogP contribution in [0.25, 0.3) is 11.4 Å². The van der Waals surface area contributed by atoms with E-state index in [9.17, 15) is 4.39 Å². The predicted octanol–water partition coefficient (Wildman–Crippen LogP) is 2.42. The van der Waals surface area contributed by atoms with Crippen molar-refractivity contribution in [3.05, 3.63) is 35.8 Å². The Hall–Kier alpha value is -2.04. The molecule has 2 heterocycles. The maximum atomic E-state index is 12.8. The number of hydrogen-bond donors (Lipinski definition) is 1. The fourth-order valence-corrected chi connectivity index (χ4v) is 1.52. The summed E-state index contributed by atoms with van der Waals surface area (Å²) in [6.45, 7) is 4.71. The Bertz CT molecular complexity index is 510. The van der Waals surface area contributed by atoms with Gasteiger partial charge in [-0.2, -0.15) is 0 Å². The molecule has 0 fully saturated rings. The molecule has 0 aliphatic rings. The van der Waals surface area contributed by atoms with Gasteiger partial charge in [-0.3, -0.25) is 4.98 Å². The largest absolute Gasteiger partial charge is 0.369 e. The Kier molecular flexibility index (Phi) is 3.27. The standard InChI is InChI=1S/C12H13FN4/c1-3-14-11-6-8(2)12(17-16-11)10-5-4-9(13)7-15-10/h4-7H,3H2,1-2H3,(H,14,16). The molecule has 0 aliphatic heterocycles. The molecule has 4 nitrogen and oxygen atoms in total. The molecule has 0 unspecified atom stereocenters. The van der Waals surface area contributed by atoms with Gasteiger partial charge in [0.2, 0.25) is 0 Å². The Morgan fingerprint density at radius 2 is 2.12 bits per heavy atom. The van der Waals surface area contributed by atoms with Crippen LogP contribution in [0.5, 0.6) is 0 Å². The molecule has 17 heavy (non-hydrogen) atoms. The Balaban J connectivity index is 2.36. The van der Waals surface area contributed by atoms with E-state index in [1.807, 2.05) is 19.9 Å². The number of hydrogen-bond acceptors (Lipinski definition) is 4. The second-order valence-corrected chi connectivity index (χ2v) is 3.65. The molecule has 0 atom stereocenters. The third-order valence-corrected chi connectivity index (χ3v) is 2.31. The number of aryl methyl sites for hydroxylation is 1. The van der Waals surface area contributed by atoms with E-state index >= 15 is 0 Å². The first-order valence-corrected chi connectivity index (χ1v) is 5.41. The van der Waals surface area contributed by atoms with E-state index in [1.54, 1.807) is 6.07 Å². The molecule has 0 spiro atoms. The minimum atomic E-state index is -0.358. The zero-order chi connectivity index (χ0) is 12.3. The first-order chi connectivity index (χ1) is 8.20. The van der Waals surface area contributed by atoms with E-state index in [-0.39, 0.29) is 5.82 Å². The molecule has 88 valence electrons. The van der Waals surface area contributed by atoms with Crippen LogP contribution in [-0.2, 0) is 0 Å². The highest BCUT2D eigenvalue weighted by Crippen LogP contribution is 2.19. The van der Waals surface area contributed by atoms with Gasteiger partial charge in [0.1, 0.15) is 17.3 Å². The van der Waals surface area contributed by atoms with Crippen molar-refractivity contribution in [3.8, 4) is 11.4 Å². The number of anilines is 1. The molecule has 0 saturated heterocycles. The molecule has 0 aliphatic carbocycles. The molecular formula is C12H13FN4. The molecule has 1 N–H and O–H groups in total. The van der Waals surface area contributed by atoms with Gasteiger partial charge < -0.3 is 5.32 Å². The quantitative estimate of drug-likeness (QED) is 0.883. The van der Waals surface area contributed by atoms with Crippen molar-refractivity contribution in [1.82, 2.24) is 15.2 Å². The highest BCUT2D eigenvalue weighted by Gasteiger charge is 2.07. The van der Waals surface area contributed by atoms with E-state index in [0.717, 1.165) is 17.9 Å². The first kappa shape index (κ1) is 11.4. The molecule has 2 aromatic rings. The van der Waals surface area contributed by atoms with Gasteiger partial charge in [0.15, 0.2) is 0 Å². The molecule has 0 amide bonds. The van der Waals surface area contributed by atoms with Crippen LogP contribution in [0.1, 0.15) is 12.5 Å². The maximum Gasteiger partial charge on any atom is 0.148 e. The molecule has 0 radical (unpaired) electrons. The lowest BCUT2D eigenvalue weighted by molar-refractivity contribution is 0.621. The average Bonchev–Trinajstić information content (AvgIpc) is 2.31. The zero-order valence-electron chi connectivity index (χ0n) is 9.74. The summed E-state index contributed by atoms with van der Waals surface area (Å²) in [4.78, 5) is 3.99. The topological polar surface area (TPSA) is 50.7 Å². The number of pyridine rings is 1. The lowest BCUT2D eigenvalue weighted by Crippen LogP contribution is -2.03. The van der Waals surface area contributed by atoms with Gasteiger partial charge >= 0.3 is 0 Å². The van der Waals surface area contributed by atoms with Crippen LogP contribution in [0.4, 0.5) is 10.2 Å². The van der Waals surface area contributed by atoms with Gasteiger partial charge in [0, 0.05) is 6.54 Å². The maximum absolute atomic E-state index is 12.8. The second-order valence-electron chi connectivity index (χ2n) is 3.65. The zero-order valence-corrected chi connectivity index (χ0v) is 9.74. The van der Waals surface area contributed by atoms with Crippen molar-refractivity contribution in [2.75, 3.05) is 11.9 Å². The van der Waals surface area contributed by atoms with Crippen molar-refractivity contribution < 1.29 is 4.39 Å². The summed E-state index contributed by atoms with van der Waals surface area (Å²) in [5.74, 6) is 0.375. The summed E-state index contributed by atoms with van der Waals surface area (Å²) >= 11 is 0. The lowest BCUT2D eigenvalue weighted by atomic mass is 10.1. The van der Waals surface area contributed by atoms with Crippen LogP contribution < -0.4 is 5.32 Å². The first-order valence-electron chi connectivity index (χ1n) is 5.41. The third kappa shape index (κ3) is 2.55. The Labute approximate surface area is 98.9 Å². The summed E-state index contributed by atoms with van der Waals surface area (Å²) < 4.78 is 12.8. The fourth-order valence-electron chi connectivity index (χ4n) is 1.52. The third-order valence-electron chi connectivity index (χ3n) is 2.31. The Morgan fingerprint density at radius 3 is 2.71 bits per heavy atom. The fraction of sp³-hybridized carbons (Fsp3) is 0.250. The average molecular weight is 232 g/mol. The van der Waals surface area contributed by atoms with Gasteiger partial charge in [-0.05, 0) is 37.6 Å². The Morgan fingerprint density at radius 1 is 1.29 bits per heavy atom. The molecule has 2 aromatic heterocycles. The molecule has 5 heteroatoms. The number of nitrogens with one attached hydrogen (secondary N) is 1. The number of aromatic nitrogens is 3. The van der Waals surface area contributed by atoms with Crippen molar-refractivity contribution in [1.29, 1.82) is 0 Å². The normalized spacial score (nSPS) is 10.3. The summed E-state index contributed by atoms with van der Waals surface area (Å²) in [7, 11) is 0. The van der Waals surface area contributed by atoms with Gasteiger partial charge in [-0.15, -0.1) is 10.2 Å². The van der Waals surface area contributed by atoms with Crippen LogP contribution >= 0.6 is 0 Å². The number of rotatable bonds is 3. The van der Waals surface area contributed by atoms with E-state index in [2.05, 4.69) is 20.5 Å². The van der Waals surface area contributed by atoms with E-state index in [0.29, 0.717) is 11.4 Å². The minimum absolute atomic E-state index is 0.358. The summed E-state index contributed by atoms with van der Waals surface area (Å²) in [5, 5.41) is 11.2. The lowest BCUT2D eigenvalue weighted by Gasteiger charge is -2.06. The summed E-state index contributed by atoms with van der Waals surface area (Å²) in [5.41, 5.74) is 2.25. The second kappa shape index (κ2) is 4.86. The van der Waals surface area contributed by atoms with E-state index < -0.39 is 0 Å². The van der Waals surface area contributed by atoms with Gasteiger partial charge in [0.25, 0.3) is 0 Å². The monoisotopic (exact) mass is 232 g/mol. The van der Waals surface area contributed by atoms with Crippen LogP contribution in [0.15, 0.2) is 24.4 Å². The van der Waals surface area contributed by atoms with E-state index in [4.69, 9.17) is 0 Å². The smallest absolute Gasteiger partial charge is 0.148 e. The summed E-state index contributed by atoms with van der Waals surface area (Å²) in [6.07, 6.45) is 1.18. The molecule has 2 rings (SSSR count). The summed E-state index contributed by atoms with van der Waals surface area (Å²) in [6, 6.07) is 4.86. The molecular weight excluding hydrogens is 219 g/mol. The number of nitrogens with zero attached hydrogens (tertiary/aromatic N) is 3. The highest BCUT2D eigenvalue weighted by molar-refractivity contribution is 5.59. The molecule has 0 aromatic carbocycles. The van der Waals surface area contributed by atoms with Gasteiger partial charge in [-0.25, -0.2) is 4.39 Å². The van der Waals surface area contributed by atoms with Crippen LogP contribution in [0.2, 0.25) is 0 Å². The highest BCUT2D eigenvalue weighted by atomic mass is 19.1. The van der Waals surface area contributed by atoms with Crippen molar-refractivity contribution >= 4 is 5.82 Å². The van der Waals surface area contributed by atoms with Crippen LogP contribution in [0, 0.1) is 12.7 Å². The van der Waals surface area contributed by atoms with Crippen molar-refractivity contribution in [2.45, 2.75) is 13.8 Å².